The SMILES string of the molecule is CC1(C)C=CC=C(c2c(COc3ccc(C(=O)O)cc3)ccc3ccccc23)C1. The van der Waals surface area contributed by atoms with Crippen LogP contribution in [0.1, 0.15) is 41.8 Å². The third kappa shape index (κ3) is 4.09. The van der Waals surface area contributed by atoms with Gasteiger partial charge in [0.1, 0.15) is 12.4 Å². The highest BCUT2D eigenvalue weighted by Gasteiger charge is 2.22. The van der Waals surface area contributed by atoms with Crippen molar-refractivity contribution in [1.29, 1.82) is 0 Å². The van der Waals surface area contributed by atoms with Crippen molar-refractivity contribution >= 4 is 22.3 Å². The lowest BCUT2D eigenvalue weighted by Gasteiger charge is -2.27. The number of rotatable bonds is 5. The Morgan fingerprint density at radius 3 is 2.52 bits per heavy atom. The van der Waals surface area contributed by atoms with Crippen LogP contribution in [0.25, 0.3) is 16.3 Å². The topological polar surface area (TPSA) is 46.5 Å². The summed E-state index contributed by atoms with van der Waals surface area (Å²) < 4.78 is 6.02. The Bertz CT molecular complexity index is 1120. The molecule has 146 valence electrons. The lowest BCUT2D eigenvalue weighted by Crippen LogP contribution is -2.12. The Morgan fingerprint density at radius 1 is 1.03 bits per heavy atom. The molecule has 0 heterocycles. The van der Waals surface area contributed by atoms with Crippen molar-refractivity contribution in [2.75, 3.05) is 0 Å². The third-order valence-electron chi connectivity index (χ3n) is 5.32. The molecule has 3 aromatic rings. The summed E-state index contributed by atoms with van der Waals surface area (Å²) >= 11 is 0. The van der Waals surface area contributed by atoms with Crippen LogP contribution in [0.3, 0.4) is 0 Å². The average Bonchev–Trinajstić information content (AvgIpc) is 2.71. The van der Waals surface area contributed by atoms with Crippen LogP contribution < -0.4 is 4.74 Å². The van der Waals surface area contributed by atoms with E-state index in [0.29, 0.717) is 12.4 Å². The van der Waals surface area contributed by atoms with Gasteiger partial charge in [0.05, 0.1) is 5.56 Å². The molecule has 3 aromatic carbocycles. The third-order valence-corrected chi connectivity index (χ3v) is 5.32. The second-order valence-corrected chi connectivity index (χ2v) is 8.16. The largest absolute Gasteiger partial charge is 0.489 e. The molecule has 0 saturated carbocycles. The number of hydrogen-bond donors (Lipinski definition) is 1. The van der Waals surface area contributed by atoms with Gasteiger partial charge in [-0.1, -0.05) is 68.5 Å². The summed E-state index contributed by atoms with van der Waals surface area (Å²) in [6.45, 7) is 4.93. The minimum Gasteiger partial charge on any atom is -0.489 e. The van der Waals surface area contributed by atoms with Crippen molar-refractivity contribution in [2.45, 2.75) is 26.9 Å². The van der Waals surface area contributed by atoms with Crippen molar-refractivity contribution in [3.63, 3.8) is 0 Å². The van der Waals surface area contributed by atoms with E-state index in [1.807, 2.05) is 0 Å². The first kappa shape index (κ1) is 19.0. The highest BCUT2D eigenvalue weighted by molar-refractivity contribution is 5.96. The molecule has 1 aliphatic carbocycles. The molecular weight excluding hydrogens is 360 g/mol. The van der Waals surface area contributed by atoms with Gasteiger partial charge in [0.25, 0.3) is 0 Å². The first-order valence-corrected chi connectivity index (χ1v) is 9.78. The van der Waals surface area contributed by atoms with E-state index in [1.54, 1.807) is 24.3 Å². The van der Waals surface area contributed by atoms with E-state index >= 15 is 0 Å². The molecule has 4 rings (SSSR count). The number of hydrogen-bond acceptors (Lipinski definition) is 2. The molecule has 0 fully saturated rings. The zero-order chi connectivity index (χ0) is 20.4. The summed E-state index contributed by atoms with van der Waals surface area (Å²) in [6.07, 6.45) is 7.58. The molecule has 3 nitrogen and oxygen atoms in total. The van der Waals surface area contributed by atoms with Crippen LogP contribution in [-0.2, 0) is 6.61 Å². The molecule has 0 unspecified atom stereocenters. The smallest absolute Gasteiger partial charge is 0.335 e. The summed E-state index contributed by atoms with van der Waals surface area (Å²) in [5, 5.41) is 11.5. The van der Waals surface area contributed by atoms with Gasteiger partial charge >= 0.3 is 5.97 Å². The summed E-state index contributed by atoms with van der Waals surface area (Å²) in [6, 6.07) is 19.2. The summed E-state index contributed by atoms with van der Waals surface area (Å²) in [5.41, 5.74) is 4.05. The Kier molecular flexibility index (Phi) is 4.98. The van der Waals surface area contributed by atoms with E-state index in [1.165, 1.54) is 21.9 Å². The van der Waals surface area contributed by atoms with Gasteiger partial charge in [-0.2, -0.15) is 0 Å². The fourth-order valence-electron chi connectivity index (χ4n) is 3.88. The van der Waals surface area contributed by atoms with Crippen molar-refractivity contribution in [3.05, 3.63) is 95.6 Å². The van der Waals surface area contributed by atoms with Crippen LogP contribution in [0.5, 0.6) is 5.75 Å². The second kappa shape index (κ2) is 7.59. The van der Waals surface area contributed by atoms with Crippen molar-refractivity contribution < 1.29 is 14.6 Å². The lowest BCUT2D eigenvalue weighted by molar-refractivity contribution is 0.0697. The first-order valence-electron chi connectivity index (χ1n) is 9.78. The Labute approximate surface area is 171 Å². The first-order chi connectivity index (χ1) is 13.9. The van der Waals surface area contributed by atoms with E-state index in [4.69, 9.17) is 9.84 Å². The van der Waals surface area contributed by atoms with E-state index < -0.39 is 5.97 Å². The molecule has 0 aliphatic heterocycles. The quantitative estimate of drug-likeness (QED) is 0.547. The number of aromatic carboxylic acids is 1. The van der Waals surface area contributed by atoms with Gasteiger partial charge in [-0.05, 0) is 63.6 Å². The van der Waals surface area contributed by atoms with E-state index in [9.17, 15) is 4.79 Å². The number of carboxylic acid groups (broad SMARTS) is 1. The lowest BCUT2D eigenvalue weighted by atomic mass is 9.78. The van der Waals surface area contributed by atoms with Gasteiger partial charge < -0.3 is 9.84 Å². The van der Waals surface area contributed by atoms with Crippen LogP contribution >= 0.6 is 0 Å². The summed E-state index contributed by atoms with van der Waals surface area (Å²) in [5.74, 6) is -0.278. The van der Waals surface area contributed by atoms with Crippen LogP contribution in [-0.4, -0.2) is 11.1 Å². The number of allylic oxidation sites excluding steroid dienone is 4. The second-order valence-electron chi connectivity index (χ2n) is 8.16. The maximum atomic E-state index is 11.0. The molecule has 0 atom stereocenters. The number of carbonyl (C=O) groups is 1. The van der Waals surface area contributed by atoms with Crippen molar-refractivity contribution in [2.24, 2.45) is 5.41 Å². The molecule has 29 heavy (non-hydrogen) atoms. The van der Waals surface area contributed by atoms with Gasteiger partial charge in [0.15, 0.2) is 0 Å². The molecule has 0 radical (unpaired) electrons. The zero-order valence-electron chi connectivity index (χ0n) is 16.7. The standard InChI is InChI=1S/C26H24O3/c1-26(2)15-5-7-20(16-26)24-21(10-9-18-6-3-4-8-23(18)24)17-29-22-13-11-19(12-14-22)25(27)28/h3-15H,16-17H2,1-2H3,(H,27,28). The molecule has 3 heteroatoms. The van der Waals surface area contributed by atoms with E-state index in [2.05, 4.69) is 68.5 Å². The monoisotopic (exact) mass is 384 g/mol. The average molecular weight is 384 g/mol. The Balaban J connectivity index is 1.70. The molecule has 1 N–H and O–H groups in total. The van der Waals surface area contributed by atoms with Crippen LogP contribution in [0.2, 0.25) is 0 Å². The number of ether oxygens (including phenoxy) is 1. The highest BCUT2D eigenvalue weighted by Crippen LogP contribution is 2.39. The summed E-state index contributed by atoms with van der Waals surface area (Å²) in [7, 11) is 0. The fraction of sp³-hybridized carbons (Fsp3) is 0.192. The predicted octanol–water partition coefficient (Wildman–Crippen LogP) is 6.49. The minimum absolute atomic E-state index is 0.117. The molecule has 0 amide bonds. The maximum Gasteiger partial charge on any atom is 0.335 e. The fourth-order valence-corrected chi connectivity index (χ4v) is 3.88. The van der Waals surface area contributed by atoms with Crippen molar-refractivity contribution in [1.82, 2.24) is 0 Å². The number of fused-ring (bicyclic) bond motifs is 1. The van der Waals surface area contributed by atoms with Crippen LogP contribution in [0, 0.1) is 5.41 Å². The van der Waals surface area contributed by atoms with Gasteiger partial charge in [-0.3, -0.25) is 0 Å². The van der Waals surface area contributed by atoms with Gasteiger partial charge in [0, 0.05) is 0 Å². The Morgan fingerprint density at radius 2 is 1.79 bits per heavy atom. The van der Waals surface area contributed by atoms with Gasteiger partial charge in [-0.15, -0.1) is 0 Å². The van der Waals surface area contributed by atoms with Gasteiger partial charge in [0.2, 0.25) is 0 Å². The van der Waals surface area contributed by atoms with Crippen LogP contribution in [0.4, 0.5) is 0 Å². The molecule has 1 aliphatic rings. The molecule has 0 aromatic heterocycles. The highest BCUT2D eigenvalue weighted by atomic mass is 16.5. The van der Waals surface area contributed by atoms with E-state index in [-0.39, 0.29) is 11.0 Å². The van der Waals surface area contributed by atoms with Gasteiger partial charge in [-0.25, -0.2) is 4.79 Å². The zero-order valence-corrected chi connectivity index (χ0v) is 16.7. The molecule has 0 bridgehead atoms. The normalized spacial score (nSPS) is 15.2. The van der Waals surface area contributed by atoms with Crippen LogP contribution in [0.15, 0.2) is 78.9 Å². The number of benzene rings is 3. The molecule has 0 spiro atoms. The number of carboxylic acids is 1. The minimum atomic E-state index is -0.937. The molecule has 0 saturated heterocycles. The summed E-state index contributed by atoms with van der Waals surface area (Å²) in [4.78, 5) is 11.0. The Hall–Kier alpha value is -3.33. The predicted molar refractivity (Wildman–Crippen MR) is 117 cm³/mol. The van der Waals surface area contributed by atoms with E-state index in [0.717, 1.165) is 12.0 Å². The van der Waals surface area contributed by atoms with Crippen molar-refractivity contribution in [3.8, 4) is 5.75 Å². The molecular formula is C26H24O3. The maximum absolute atomic E-state index is 11.0.